The third-order valence-corrected chi connectivity index (χ3v) is 4.13. The molecule has 0 saturated carbocycles. The molecule has 1 rings (SSSR count). The molecule has 19 heavy (non-hydrogen) atoms. The van der Waals surface area contributed by atoms with E-state index in [1.165, 1.54) is 0 Å². The summed E-state index contributed by atoms with van der Waals surface area (Å²) in [4.78, 5) is 12.1. The van der Waals surface area contributed by atoms with Crippen molar-refractivity contribution in [2.24, 2.45) is 5.92 Å². The summed E-state index contributed by atoms with van der Waals surface area (Å²) in [5.74, 6) is 0.224. The fourth-order valence-corrected chi connectivity index (χ4v) is 2.70. The lowest BCUT2D eigenvalue weighted by Crippen LogP contribution is -2.30. The third kappa shape index (κ3) is 5.67. The molecule has 0 heterocycles. The average molecular weight is 396 g/mol. The summed E-state index contributed by atoms with van der Waals surface area (Å²) in [5, 5.41) is 12.5. The Kier molecular flexibility index (Phi) is 7.71. The van der Waals surface area contributed by atoms with Crippen LogP contribution in [0.4, 0.5) is 0 Å². The number of nitrogens with one attached hydrogen (secondary N) is 1. The lowest BCUT2D eigenvalue weighted by atomic mass is 10.00. The second-order valence-electron chi connectivity index (χ2n) is 4.50. The minimum absolute atomic E-state index is 0.106. The van der Waals surface area contributed by atoms with Gasteiger partial charge in [-0.2, -0.15) is 0 Å². The normalized spacial score (nSPS) is 12.2. The molecule has 0 fully saturated rings. The van der Waals surface area contributed by atoms with Gasteiger partial charge in [-0.3, -0.25) is 4.79 Å². The highest BCUT2D eigenvalue weighted by Crippen LogP contribution is 2.18. The van der Waals surface area contributed by atoms with Gasteiger partial charge in [0.1, 0.15) is 0 Å². The van der Waals surface area contributed by atoms with E-state index in [0.717, 1.165) is 22.8 Å². The highest BCUT2D eigenvalue weighted by molar-refractivity contribution is 14.1. The Morgan fingerprint density at radius 2 is 2.21 bits per heavy atom. The van der Waals surface area contributed by atoms with E-state index in [4.69, 9.17) is 16.7 Å². The maximum absolute atomic E-state index is 12.1. The number of rotatable bonds is 7. The van der Waals surface area contributed by atoms with Gasteiger partial charge in [0.25, 0.3) is 5.91 Å². The second-order valence-corrected chi connectivity index (χ2v) is 6.10. The Balaban J connectivity index is 2.61. The smallest absolute Gasteiger partial charge is 0.252 e. The van der Waals surface area contributed by atoms with Gasteiger partial charge >= 0.3 is 0 Å². The van der Waals surface area contributed by atoms with Crippen molar-refractivity contribution in [2.75, 3.05) is 13.2 Å². The Hall–Kier alpha value is -0.330. The van der Waals surface area contributed by atoms with Crippen molar-refractivity contribution in [3.8, 4) is 0 Å². The van der Waals surface area contributed by atoms with E-state index in [-0.39, 0.29) is 12.5 Å². The minimum atomic E-state index is -0.106. The van der Waals surface area contributed by atoms with Crippen LogP contribution in [-0.4, -0.2) is 24.2 Å². The van der Waals surface area contributed by atoms with E-state index < -0.39 is 0 Å². The topological polar surface area (TPSA) is 49.3 Å². The molecule has 2 N–H and O–H groups in total. The molecule has 0 aliphatic heterocycles. The van der Waals surface area contributed by atoms with E-state index in [1.54, 1.807) is 12.1 Å². The molecule has 0 radical (unpaired) electrons. The molecule has 1 atom stereocenters. The summed E-state index contributed by atoms with van der Waals surface area (Å²) in [6.07, 6.45) is 2.78. The van der Waals surface area contributed by atoms with Crippen molar-refractivity contribution in [3.05, 3.63) is 32.4 Å². The summed E-state index contributed by atoms with van der Waals surface area (Å²) in [6.45, 7) is 2.86. The van der Waals surface area contributed by atoms with Crippen molar-refractivity contribution in [1.29, 1.82) is 0 Å². The van der Waals surface area contributed by atoms with Crippen molar-refractivity contribution in [1.82, 2.24) is 5.32 Å². The first kappa shape index (κ1) is 16.7. The van der Waals surface area contributed by atoms with Crippen LogP contribution in [-0.2, 0) is 0 Å². The molecule has 0 aliphatic carbocycles. The van der Waals surface area contributed by atoms with Gasteiger partial charge in [-0.15, -0.1) is 0 Å². The number of halogens is 2. The summed E-state index contributed by atoms with van der Waals surface area (Å²) >= 11 is 8.03. The lowest BCUT2D eigenvalue weighted by molar-refractivity contribution is 0.0942. The van der Waals surface area contributed by atoms with E-state index in [9.17, 15) is 4.79 Å². The molecule has 106 valence electrons. The van der Waals surface area contributed by atoms with Crippen LogP contribution in [0.25, 0.3) is 0 Å². The Bertz CT molecular complexity index is 420. The first-order chi connectivity index (χ1) is 9.08. The standard InChI is InChI=1S/C14H19ClINO2/c1-2-3-10(6-7-18)9-17-14(19)12-8-11(15)4-5-13(12)16/h4-5,8,10,18H,2-3,6-7,9H2,1H3,(H,17,19). The Morgan fingerprint density at radius 3 is 2.84 bits per heavy atom. The summed E-state index contributed by atoms with van der Waals surface area (Å²) < 4.78 is 0.883. The molecule has 1 amide bonds. The predicted octanol–water partition coefficient (Wildman–Crippen LogP) is 3.47. The molecule has 1 unspecified atom stereocenters. The molecule has 0 saturated heterocycles. The Labute approximate surface area is 132 Å². The number of carbonyl (C=O) groups excluding carboxylic acids is 1. The maximum Gasteiger partial charge on any atom is 0.252 e. The number of hydrogen-bond acceptors (Lipinski definition) is 2. The van der Waals surface area contributed by atoms with Crippen LogP contribution in [0.5, 0.6) is 0 Å². The number of amides is 1. The van der Waals surface area contributed by atoms with Crippen molar-refractivity contribution in [2.45, 2.75) is 26.2 Å². The first-order valence-corrected chi connectivity index (χ1v) is 7.88. The SMILES string of the molecule is CCCC(CCO)CNC(=O)c1cc(Cl)ccc1I. The number of aliphatic hydroxyl groups is 1. The molecule has 0 bridgehead atoms. The van der Waals surface area contributed by atoms with E-state index in [0.29, 0.717) is 23.0 Å². The van der Waals surface area contributed by atoms with Gasteiger partial charge in [-0.1, -0.05) is 24.9 Å². The van der Waals surface area contributed by atoms with Crippen LogP contribution < -0.4 is 5.32 Å². The van der Waals surface area contributed by atoms with Crippen molar-refractivity contribution >= 4 is 40.1 Å². The number of carbonyl (C=O) groups is 1. The molecule has 0 aliphatic rings. The number of aliphatic hydroxyl groups excluding tert-OH is 1. The molecule has 3 nitrogen and oxygen atoms in total. The van der Waals surface area contributed by atoms with Gasteiger partial charge in [0, 0.05) is 21.7 Å². The van der Waals surface area contributed by atoms with E-state index in [1.807, 2.05) is 6.07 Å². The van der Waals surface area contributed by atoms with Crippen LogP contribution in [0, 0.1) is 9.49 Å². The second kappa shape index (κ2) is 8.76. The molecule has 0 spiro atoms. The van der Waals surface area contributed by atoms with Crippen LogP contribution in [0.2, 0.25) is 5.02 Å². The lowest BCUT2D eigenvalue weighted by Gasteiger charge is -2.16. The molecule has 0 aromatic heterocycles. The zero-order valence-corrected chi connectivity index (χ0v) is 13.9. The monoisotopic (exact) mass is 395 g/mol. The fraction of sp³-hybridized carbons (Fsp3) is 0.500. The average Bonchev–Trinajstić information content (AvgIpc) is 2.39. The predicted molar refractivity (Wildman–Crippen MR) is 86.6 cm³/mol. The van der Waals surface area contributed by atoms with Gasteiger partial charge in [-0.25, -0.2) is 0 Å². The number of hydrogen-bond donors (Lipinski definition) is 2. The third-order valence-electron chi connectivity index (χ3n) is 2.96. The van der Waals surface area contributed by atoms with Gasteiger partial charge in [0.05, 0.1) is 5.56 Å². The number of benzene rings is 1. The van der Waals surface area contributed by atoms with Crippen molar-refractivity contribution in [3.63, 3.8) is 0 Å². The summed E-state index contributed by atoms with van der Waals surface area (Å²) in [7, 11) is 0. The summed E-state index contributed by atoms with van der Waals surface area (Å²) in [5.41, 5.74) is 0.604. The highest BCUT2D eigenvalue weighted by atomic mass is 127. The van der Waals surface area contributed by atoms with E-state index >= 15 is 0 Å². The van der Waals surface area contributed by atoms with Gasteiger partial charge in [0.15, 0.2) is 0 Å². The van der Waals surface area contributed by atoms with Crippen LogP contribution >= 0.6 is 34.2 Å². The summed E-state index contributed by atoms with van der Waals surface area (Å²) in [6, 6.07) is 5.28. The molecule has 1 aromatic carbocycles. The Morgan fingerprint density at radius 1 is 1.47 bits per heavy atom. The maximum atomic E-state index is 12.1. The largest absolute Gasteiger partial charge is 0.396 e. The quantitative estimate of drug-likeness (QED) is 0.695. The molecule has 5 heteroatoms. The van der Waals surface area contributed by atoms with Crippen LogP contribution in [0.1, 0.15) is 36.5 Å². The zero-order chi connectivity index (χ0) is 14.3. The van der Waals surface area contributed by atoms with Crippen LogP contribution in [0.15, 0.2) is 18.2 Å². The van der Waals surface area contributed by atoms with E-state index in [2.05, 4.69) is 34.8 Å². The minimum Gasteiger partial charge on any atom is -0.396 e. The zero-order valence-electron chi connectivity index (χ0n) is 11.0. The highest BCUT2D eigenvalue weighted by Gasteiger charge is 2.13. The molecular weight excluding hydrogens is 377 g/mol. The van der Waals surface area contributed by atoms with Crippen LogP contribution in [0.3, 0.4) is 0 Å². The van der Waals surface area contributed by atoms with Gasteiger partial charge < -0.3 is 10.4 Å². The molecular formula is C14H19ClINO2. The van der Waals surface area contributed by atoms with Gasteiger partial charge in [0.2, 0.25) is 0 Å². The fourth-order valence-electron chi connectivity index (χ4n) is 1.94. The first-order valence-electron chi connectivity index (χ1n) is 6.42. The van der Waals surface area contributed by atoms with Crippen molar-refractivity contribution < 1.29 is 9.90 Å². The molecule has 1 aromatic rings. The van der Waals surface area contributed by atoms with Gasteiger partial charge in [-0.05, 0) is 59.5 Å².